The maximum atomic E-state index is 11.1. The number of carboxylic acid groups (broad SMARTS) is 1. The van der Waals surface area contributed by atoms with E-state index in [0.717, 1.165) is 32.4 Å². The molecule has 0 radical (unpaired) electrons. The largest absolute Gasteiger partial charge is 0.481 e. The van der Waals surface area contributed by atoms with Crippen molar-refractivity contribution >= 4 is 5.97 Å². The monoisotopic (exact) mass is 259 g/mol. The van der Waals surface area contributed by atoms with Gasteiger partial charge in [-0.25, -0.2) is 0 Å². The maximum absolute atomic E-state index is 11.1. The Bertz CT molecular complexity index is 503. The van der Waals surface area contributed by atoms with Crippen molar-refractivity contribution in [2.45, 2.75) is 43.9 Å². The van der Waals surface area contributed by atoms with E-state index in [1.165, 1.54) is 16.7 Å². The second kappa shape index (κ2) is 4.64. The summed E-state index contributed by atoms with van der Waals surface area (Å²) in [5.74, 6) is -0.478. The Labute approximate surface area is 114 Å². The molecule has 1 unspecified atom stereocenters. The molecule has 19 heavy (non-hydrogen) atoms. The molecule has 1 atom stereocenters. The van der Waals surface area contributed by atoms with E-state index in [-0.39, 0.29) is 17.8 Å². The van der Waals surface area contributed by atoms with Gasteiger partial charge in [0.1, 0.15) is 0 Å². The van der Waals surface area contributed by atoms with E-state index in [2.05, 4.69) is 30.4 Å². The normalized spacial score (nSPS) is 24.4. The second-order valence-electron chi connectivity index (χ2n) is 6.12. The summed E-state index contributed by atoms with van der Waals surface area (Å²) in [5, 5.41) is 12.6. The number of hydrogen-bond donors (Lipinski definition) is 2. The Morgan fingerprint density at radius 3 is 2.84 bits per heavy atom. The lowest BCUT2D eigenvalue weighted by molar-refractivity contribution is -0.137. The summed E-state index contributed by atoms with van der Waals surface area (Å²) < 4.78 is 0. The highest BCUT2D eigenvalue weighted by molar-refractivity contribution is 5.69. The zero-order chi connectivity index (χ0) is 13.5. The van der Waals surface area contributed by atoms with Crippen molar-refractivity contribution in [3.05, 3.63) is 34.9 Å². The van der Waals surface area contributed by atoms with E-state index in [1.54, 1.807) is 0 Å². The first-order valence-corrected chi connectivity index (χ1v) is 7.14. The highest BCUT2D eigenvalue weighted by Gasteiger charge is 2.44. The molecule has 102 valence electrons. The number of fused-ring (bicyclic) bond motifs is 2. The summed E-state index contributed by atoms with van der Waals surface area (Å²) in [6.45, 7) is 4.19. The van der Waals surface area contributed by atoms with Crippen molar-refractivity contribution in [1.29, 1.82) is 0 Å². The van der Waals surface area contributed by atoms with Gasteiger partial charge in [-0.3, -0.25) is 4.79 Å². The molecule has 1 aliphatic carbocycles. The lowest BCUT2D eigenvalue weighted by atomic mass is 9.73. The molecule has 3 nitrogen and oxygen atoms in total. The van der Waals surface area contributed by atoms with E-state index in [4.69, 9.17) is 5.11 Å². The summed E-state index contributed by atoms with van der Waals surface area (Å²) >= 11 is 0. The molecule has 1 aromatic carbocycles. The van der Waals surface area contributed by atoms with Crippen LogP contribution in [0.4, 0.5) is 0 Å². The van der Waals surface area contributed by atoms with E-state index in [0.29, 0.717) is 0 Å². The first kappa shape index (κ1) is 12.7. The third-order valence-corrected chi connectivity index (χ3v) is 4.84. The number of hydrogen-bond acceptors (Lipinski definition) is 2. The minimum atomic E-state index is -0.677. The molecular weight excluding hydrogens is 238 g/mol. The summed E-state index contributed by atoms with van der Waals surface area (Å²) in [7, 11) is 0. The molecule has 0 amide bonds. The molecule has 1 heterocycles. The van der Waals surface area contributed by atoms with Gasteiger partial charge in [0.25, 0.3) is 0 Å². The van der Waals surface area contributed by atoms with Crippen LogP contribution in [0.3, 0.4) is 0 Å². The number of piperidine rings is 1. The van der Waals surface area contributed by atoms with Crippen molar-refractivity contribution in [3.8, 4) is 0 Å². The van der Waals surface area contributed by atoms with Gasteiger partial charge in [-0.2, -0.15) is 0 Å². The molecule has 1 aromatic rings. The van der Waals surface area contributed by atoms with Crippen LogP contribution in [0.5, 0.6) is 0 Å². The molecule has 1 aliphatic heterocycles. The number of rotatable bonds is 2. The fraction of sp³-hybridized carbons (Fsp3) is 0.562. The highest BCUT2D eigenvalue weighted by Crippen LogP contribution is 2.52. The van der Waals surface area contributed by atoms with Crippen LogP contribution in [0.1, 0.15) is 48.3 Å². The first-order chi connectivity index (χ1) is 9.11. The average Bonchev–Trinajstić information content (AvgIpc) is 2.63. The predicted molar refractivity (Wildman–Crippen MR) is 74.6 cm³/mol. The molecule has 0 bridgehead atoms. The van der Waals surface area contributed by atoms with Crippen LogP contribution >= 0.6 is 0 Å². The van der Waals surface area contributed by atoms with Crippen molar-refractivity contribution in [2.75, 3.05) is 13.1 Å². The van der Waals surface area contributed by atoms with Gasteiger partial charge in [-0.05, 0) is 61.7 Å². The third kappa shape index (κ3) is 2.16. The number of aliphatic carboxylic acids is 1. The van der Waals surface area contributed by atoms with Gasteiger partial charge in [-0.1, -0.05) is 23.8 Å². The van der Waals surface area contributed by atoms with Crippen molar-refractivity contribution in [3.63, 3.8) is 0 Å². The van der Waals surface area contributed by atoms with E-state index in [1.807, 2.05) is 0 Å². The smallest absolute Gasteiger partial charge is 0.303 e. The molecule has 2 aliphatic rings. The van der Waals surface area contributed by atoms with Gasteiger partial charge in [-0.15, -0.1) is 0 Å². The van der Waals surface area contributed by atoms with Gasteiger partial charge in [0.2, 0.25) is 0 Å². The lowest BCUT2D eigenvalue weighted by Gasteiger charge is -2.35. The molecule has 3 heteroatoms. The van der Waals surface area contributed by atoms with Crippen LogP contribution < -0.4 is 5.32 Å². The average molecular weight is 259 g/mol. The Morgan fingerprint density at radius 2 is 2.16 bits per heavy atom. The van der Waals surface area contributed by atoms with Gasteiger partial charge in [0, 0.05) is 0 Å². The highest BCUT2D eigenvalue weighted by atomic mass is 16.4. The summed E-state index contributed by atoms with van der Waals surface area (Å²) in [5.41, 5.74) is 4.18. The van der Waals surface area contributed by atoms with Gasteiger partial charge in [0.15, 0.2) is 0 Å². The zero-order valence-corrected chi connectivity index (χ0v) is 11.4. The second-order valence-corrected chi connectivity index (χ2v) is 6.12. The number of benzene rings is 1. The van der Waals surface area contributed by atoms with Gasteiger partial charge < -0.3 is 10.4 Å². The van der Waals surface area contributed by atoms with Crippen LogP contribution in [0, 0.1) is 6.92 Å². The molecule has 3 rings (SSSR count). The van der Waals surface area contributed by atoms with Crippen molar-refractivity contribution in [1.82, 2.24) is 5.32 Å². The summed E-state index contributed by atoms with van der Waals surface area (Å²) in [6, 6.07) is 6.63. The molecule has 1 spiro atoms. The summed E-state index contributed by atoms with van der Waals surface area (Å²) in [4.78, 5) is 11.1. The molecule has 1 fully saturated rings. The number of carboxylic acids is 1. The standard InChI is InChI=1S/C16H21NO2/c1-11-2-3-14-13(8-11)12(9-15(18)19)10-16(14)4-6-17-7-5-16/h2-3,8,12,17H,4-7,9-10H2,1H3,(H,18,19). The van der Waals surface area contributed by atoms with E-state index >= 15 is 0 Å². The van der Waals surface area contributed by atoms with Gasteiger partial charge >= 0.3 is 5.97 Å². The molecule has 1 saturated heterocycles. The van der Waals surface area contributed by atoms with E-state index < -0.39 is 5.97 Å². The Balaban J connectivity index is 2.01. The minimum absolute atomic E-state index is 0.200. The third-order valence-electron chi connectivity index (χ3n) is 4.84. The van der Waals surface area contributed by atoms with E-state index in [9.17, 15) is 4.79 Å². The molecular formula is C16H21NO2. The van der Waals surface area contributed by atoms with Crippen molar-refractivity contribution in [2.24, 2.45) is 0 Å². The SMILES string of the molecule is Cc1ccc2c(c1)C(CC(=O)O)CC21CCNCC1. The fourth-order valence-electron chi connectivity index (χ4n) is 3.97. The zero-order valence-electron chi connectivity index (χ0n) is 11.4. The van der Waals surface area contributed by atoms with Crippen LogP contribution in [0.15, 0.2) is 18.2 Å². The maximum Gasteiger partial charge on any atom is 0.303 e. The quantitative estimate of drug-likeness (QED) is 0.858. The fourth-order valence-corrected chi connectivity index (χ4v) is 3.97. The van der Waals surface area contributed by atoms with Crippen LogP contribution in [0.25, 0.3) is 0 Å². The van der Waals surface area contributed by atoms with Crippen LogP contribution in [-0.2, 0) is 10.2 Å². The Morgan fingerprint density at radius 1 is 1.42 bits per heavy atom. The van der Waals surface area contributed by atoms with Crippen LogP contribution in [0.2, 0.25) is 0 Å². The number of carbonyl (C=O) groups is 1. The lowest BCUT2D eigenvalue weighted by Crippen LogP contribution is -2.38. The first-order valence-electron chi connectivity index (χ1n) is 7.14. The number of nitrogens with one attached hydrogen (secondary N) is 1. The van der Waals surface area contributed by atoms with Crippen molar-refractivity contribution < 1.29 is 9.90 Å². The van der Waals surface area contributed by atoms with Crippen LogP contribution in [-0.4, -0.2) is 24.2 Å². The topological polar surface area (TPSA) is 49.3 Å². The molecule has 2 N–H and O–H groups in total. The Kier molecular flexibility index (Phi) is 3.09. The molecule has 0 saturated carbocycles. The predicted octanol–water partition coefficient (Wildman–Crippen LogP) is 2.58. The molecule has 0 aromatic heterocycles. The Hall–Kier alpha value is -1.35. The number of aryl methyl sites for hydroxylation is 1. The summed E-state index contributed by atoms with van der Waals surface area (Å²) in [6.07, 6.45) is 3.56. The minimum Gasteiger partial charge on any atom is -0.481 e. The van der Waals surface area contributed by atoms with Gasteiger partial charge in [0.05, 0.1) is 6.42 Å².